The number of allylic oxidation sites excluding steroid dienone is 4. The smallest absolute Gasteiger partial charge is 0.0199 e. The molecule has 0 aromatic carbocycles. The zero-order chi connectivity index (χ0) is 7.56. The molecule has 1 aliphatic rings. The minimum absolute atomic E-state index is 0.366. The van der Waals surface area contributed by atoms with Gasteiger partial charge in [0.05, 0.1) is 0 Å². The number of hydrogen-bond acceptors (Lipinski definition) is 1. The molecule has 0 spiro atoms. The second-order valence-corrected chi connectivity index (χ2v) is 2.62. The highest BCUT2D eigenvalue weighted by Gasteiger charge is 2.10. The lowest BCUT2D eigenvalue weighted by atomic mass is 9.93. The van der Waals surface area contributed by atoms with Crippen molar-refractivity contribution in [3.8, 4) is 0 Å². The Labute approximate surface area is 61.9 Å². The van der Waals surface area contributed by atoms with E-state index in [0.29, 0.717) is 5.92 Å². The van der Waals surface area contributed by atoms with Crippen molar-refractivity contribution in [1.82, 2.24) is 0 Å². The Bertz CT molecular complexity index is 199. The van der Waals surface area contributed by atoms with Crippen LogP contribution in [0.25, 0.3) is 0 Å². The summed E-state index contributed by atoms with van der Waals surface area (Å²) in [6.07, 6.45) is 7.11. The Balaban J connectivity index is 2.86. The number of hydrogen-bond donors (Lipinski definition) is 1. The van der Waals surface area contributed by atoms with Crippen molar-refractivity contribution in [3.05, 3.63) is 36.1 Å². The van der Waals surface area contributed by atoms with Crippen LogP contribution < -0.4 is 5.73 Å². The van der Waals surface area contributed by atoms with Gasteiger partial charge in [0.2, 0.25) is 0 Å². The Morgan fingerprint density at radius 1 is 1.80 bits per heavy atom. The largest absolute Gasteiger partial charge is 0.401 e. The molecule has 1 nitrogen and oxygen atoms in total. The van der Waals surface area contributed by atoms with Gasteiger partial charge in [0.1, 0.15) is 0 Å². The molecular formula is C9H13N. The zero-order valence-electron chi connectivity index (χ0n) is 6.30. The normalized spacial score (nSPS) is 25.1. The average Bonchev–Trinajstić information content (AvgIpc) is 1.95. The van der Waals surface area contributed by atoms with E-state index in [-0.39, 0.29) is 0 Å². The maximum Gasteiger partial charge on any atom is 0.0199 e. The topological polar surface area (TPSA) is 26.0 Å². The van der Waals surface area contributed by atoms with Crippen LogP contribution >= 0.6 is 0 Å². The zero-order valence-corrected chi connectivity index (χ0v) is 6.30. The molecule has 10 heavy (non-hydrogen) atoms. The molecule has 0 amide bonds. The van der Waals surface area contributed by atoms with Gasteiger partial charge in [0.15, 0.2) is 0 Å². The summed E-state index contributed by atoms with van der Waals surface area (Å²) in [6.45, 7) is 5.75. The first-order chi connectivity index (χ1) is 4.75. The molecule has 0 aliphatic heterocycles. The van der Waals surface area contributed by atoms with E-state index in [0.717, 1.165) is 12.1 Å². The van der Waals surface area contributed by atoms with Crippen molar-refractivity contribution >= 4 is 0 Å². The van der Waals surface area contributed by atoms with Crippen LogP contribution in [0.3, 0.4) is 0 Å². The Hall–Kier alpha value is -0.980. The Kier molecular flexibility index (Phi) is 1.95. The van der Waals surface area contributed by atoms with E-state index in [4.69, 9.17) is 5.73 Å². The molecule has 0 saturated heterocycles. The monoisotopic (exact) mass is 135 g/mol. The first-order valence-electron chi connectivity index (χ1n) is 3.51. The van der Waals surface area contributed by atoms with Crippen molar-refractivity contribution < 1.29 is 0 Å². The van der Waals surface area contributed by atoms with Crippen LogP contribution in [0.5, 0.6) is 0 Å². The molecule has 0 unspecified atom stereocenters. The maximum atomic E-state index is 5.79. The highest BCUT2D eigenvalue weighted by molar-refractivity contribution is 5.29. The van der Waals surface area contributed by atoms with E-state index >= 15 is 0 Å². The second-order valence-electron chi connectivity index (χ2n) is 2.62. The lowest BCUT2D eigenvalue weighted by Gasteiger charge is -2.16. The summed E-state index contributed by atoms with van der Waals surface area (Å²) in [4.78, 5) is 0. The van der Waals surface area contributed by atoms with Crippen LogP contribution in [0.2, 0.25) is 0 Å². The molecular weight excluding hydrogens is 122 g/mol. The fourth-order valence-corrected chi connectivity index (χ4v) is 1.13. The average molecular weight is 135 g/mol. The van der Waals surface area contributed by atoms with Crippen LogP contribution in [-0.4, -0.2) is 0 Å². The first-order valence-corrected chi connectivity index (χ1v) is 3.51. The van der Waals surface area contributed by atoms with Gasteiger partial charge in [-0.05, 0) is 18.9 Å². The molecule has 0 fully saturated rings. The van der Waals surface area contributed by atoms with E-state index in [1.807, 2.05) is 13.0 Å². The van der Waals surface area contributed by atoms with Crippen LogP contribution in [0.1, 0.15) is 13.3 Å². The summed E-state index contributed by atoms with van der Waals surface area (Å²) in [5.74, 6) is 0.366. The van der Waals surface area contributed by atoms with Gasteiger partial charge in [0.25, 0.3) is 0 Å². The molecule has 1 heteroatoms. The Morgan fingerprint density at radius 3 is 3.00 bits per heavy atom. The van der Waals surface area contributed by atoms with Crippen molar-refractivity contribution in [2.24, 2.45) is 11.7 Å². The van der Waals surface area contributed by atoms with Gasteiger partial charge in [-0.15, -0.1) is 6.58 Å². The summed E-state index contributed by atoms with van der Waals surface area (Å²) in [5.41, 5.74) is 7.94. The van der Waals surface area contributed by atoms with E-state index in [9.17, 15) is 0 Å². The number of rotatable bonds is 1. The molecule has 54 valence electrons. The molecule has 0 aromatic heterocycles. The SMILES string of the molecule is C=C[C@@H]1CC=CC(C)=C1N. The predicted molar refractivity (Wildman–Crippen MR) is 44.3 cm³/mol. The molecule has 0 heterocycles. The molecule has 2 N–H and O–H groups in total. The van der Waals surface area contributed by atoms with Crippen LogP contribution in [0, 0.1) is 5.92 Å². The molecule has 0 radical (unpaired) electrons. The number of nitrogens with two attached hydrogens (primary N) is 1. The van der Waals surface area contributed by atoms with Gasteiger partial charge in [-0.25, -0.2) is 0 Å². The molecule has 1 atom stereocenters. The highest BCUT2D eigenvalue weighted by atomic mass is 14.6. The third-order valence-corrected chi connectivity index (χ3v) is 1.90. The lowest BCUT2D eigenvalue weighted by Crippen LogP contribution is -2.13. The predicted octanol–water partition coefficient (Wildman–Crippen LogP) is 1.98. The summed E-state index contributed by atoms with van der Waals surface area (Å²) >= 11 is 0. The van der Waals surface area contributed by atoms with Crippen LogP contribution in [-0.2, 0) is 0 Å². The summed E-state index contributed by atoms with van der Waals surface area (Å²) in [5, 5.41) is 0. The van der Waals surface area contributed by atoms with Gasteiger partial charge < -0.3 is 5.73 Å². The second kappa shape index (κ2) is 2.74. The van der Waals surface area contributed by atoms with Crippen LogP contribution in [0.15, 0.2) is 36.1 Å². The third-order valence-electron chi connectivity index (χ3n) is 1.90. The van der Waals surface area contributed by atoms with E-state index in [1.54, 1.807) is 0 Å². The molecule has 0 bridgehead atoms. The minimum atomic E-state index is 0.366. The summed E-state index contributed by atoms with van der Waals surface area (Å²) in [7, 11) is 0. The summed E-state index contributed by atoms with van der Waals surface area (Å²) in [6, 6.07) is 0. The third kappa shape index (κ3) is 1.13. The fourth-order valence-electron chi connectivity index (χ4n) is 1.13. The lowest BCUT2D eigenvalue weighted by molar-refractivity contribution is 0.743. The first kappa shape index (κ1) is 7.13. The quantitative estimate of drug-likeness (QED) is 0.547. The van der Waals surface area contributed by atoms with Crippen molar-refractivity contribution in [2.45, 2.75) is 13.3 Å². The van der Waals surface area contributed by atoms with E-state index < -0.39 is 0 Å². The van der Waals surface area contributed by atoms with Crippen LogP contribution in [0.4, 0.5) is 0 Å². The molecule has 0 saturated carbocycles. The van der Waals surface area contributed by atoms with Crippen molar-refractivity contribution in [1.29, 1.82) is 0 Å². The highest BCUT2D eigenvalue weighted by Crippen LogP contribution is 2.21. The molecule has 1 rings (SSSR count). The van der Waals surface area contributed by atoms with E-state index in [1.165, 1.54) is 5.57 Å². The van der Waals surface area contributed by atoms with Gasteiger partial charge in [-0.2, -0.15) is 0 Å². The van der Waals surface area contributed by atoms with Gasteiger partial charge in [-0.3, -0.25) is 0 Å². The standard InChI is InChI=1S/C9H13N/c1-3-8-6-4-5-7(2)9(8)10/h3-5,8H,1,6,10H2,2H3/t8-/m1/s1. The minimum Gasteiger partial charge on any atom is -0.401 e. The van der Waals surface area contributed by atoms with Gasteiger partial charge in [0, 0.05) is 11.6 Å². The molecule has 1 aliphatic carbocycles. The maximum absolute atomic E-state index is 5.79. The molecule has 0 aromatic rings. The van der Waals surface area contributed by atoms with Crippen molar-refractivity contribution in [3.63, 3.8) is 0 Å². The van der Waals surface area contributed by atoms with Gasteiger partial charge in [-0.1, -0.05) is 18.2 Å². The Morgan fingerprint density at radius 2 is 2.50 bits per heavy atom. The van der Waals surface area contributed by atoms with Crippen molar-refractivity contribution in [2.75, 3.05) is 0 Å². The van der Waals surface area contributed by atoms with E-state index in [2.05, 4.69) is 18.7 Å². The van der Waals surface area contributed by atoms with Gasteiger partial charge >= 0.3 is 0 Å². The fraction of sp³-hybridized carbons (Fsp3) is 0.333. The summed E-state index contributed by atoms with van der Waals surface area (Å²) < 4.78 is 0.